The molecule has 0 bridgehead atoms. The van der Waals surface area contributed by atoms with Crippen molar-refractivity contribution in [2.24, 2.45) is 5.73 Å². The molecule has 0 aliphatic heterocycles. The van der Waals surface area contributed by atoms with Crippen LogP contribution >= 0.6 is 0 Å². The van der Waals surface area contributed by atoms with Crippen molar-refractivity contribution in [3.63, 3.8) is 0 Å². The van der Waals surface area contributed by atoms with Gasteiger partial charge in [-0.25, -0.2) is 13.4 Å². The number of rotatable bonds is 8. The number of nitrogens with zero attached hydrogens (tertiary/aromatic N) is 2. The fraction of sp³-hybridized carbons (Fsp3) is 0.250. The predicted octanol–water partition coefficient (Wildman–Crippen LogP) is 3.19. The van der Waals surface area contributed by atoms with Gasteiger partial charge in [0.05, 0.1) is 4.90 Å². The third kappa shape index (κ3) is 4.63. The van der Waals surface area contributed by atoms with Gasteiger partial charge in [0.25, 0.3) is 0 Å². The molecule has 0 atom stereocenters. The zero-order chi connectivity index (χ0) is 19.3. The summed E-state index contributed by atoms with van der Waals surface area (Å²) in [5, 5.41) is 0. The van der Waals surface area contributed by atoms with Crippen LogP contribution in [0, 0.1) is 6.92 Å². The second kappa shape index (κ2) is 8.47. The van der Waals surface area contributed by atoms with Crippen LogP contribution in [0.5, 0.6) is 0 Å². The number of benzene rings is 2. The summed E-state index contributed by atoms with van der Waals surface area (Å²) in [4.78, 5) is 4.51. The summed E-state index contributed by atoms with van der Waals surface area (Å²) in [5.74, 6) is 0.567. The zero-order valence-corrected chi connectivity index (χ0v) is 16.0. The Morgan fingerprint density at radius 2 is 1.78 bits per heavy atom. The molecule has 7 heteroatoms. The van der Waals surface area contributed by atoms with Crippen LogP contribution in [0.1, 0.15) is 17.9 Å². The van der Waals surface area contributed by atoms with Crippen LogP contribution in [0.4, 0.5) is 0 Å². The van der Waals surface area contributed by atoms with Crippen molar-refractivity contribution in [2.75, 3.05) is 13.1 Å². The highest BCUT2D eigenvalue weighted by Gasteiger charge is 2.24. The van der Waals surface area contributed by atoms with Crippen molar-refractivity contribution in [1.82, 2.24) is 9.29 Å². The topological polar surface area (TPSA) is 89.4 Å². The second-order valence-corrected chi connectivity index (χ2v) is 8.18. The van der Waals surface area contributed by atoms with Gasteiger partial charge >= 0.3 is 0 Å². The molecule has 0 saturated carbocycles. The van der Waals surface area contributed by atoms with E-state index in [0.717, 1.165) is 11.1 Å². The van der Waals surface area contributed by atoms with E-state index in [1.54, 1.807) is 37.5 Å². The fourth-order valence-electron chi connectivity index (χ4n) is 2.78. The summed E-state index contributed by atoms with van der Waals surface area (Å²) >= 11 is 0. The monoisotopic (exact) mass is 385 g/mol. The number of aromatic nitrogens is 1. The fourth-order valence-corrected chi connectivity index (χ4v) is 4.25. The average molecular weight is 385 g/mol. The summed E-state index contributed by atoms with van der Waals surface area (Å²) in [6.45, 7) is 2.89. The van der Waals surface area contributed by atoms with Gasteiger partial charge in [0.15, 0.2) is 5.89 Å². The highest BCUT2D eigenvalue weighted by atomic mass is 32.2. The summed E-state index contributed by atoms with van der Waals surface area (Å²) in [6, 6.07) is 16.2. The van der Waals surface area contributed by atoms with Crippen LogP contribution in [-0.2, 0) is 16.6 Å². The van der Waals surface area contributed by atoms with Gasteiger partial charge in [-0.1, -0.05) is 42.5 Å². The van der Waals surface area contributed by atoms with Crippen LogP contribution in [-0.4, -0.2) is 30.8 Å². The van der Waals surface area contributed by atoms with Gasteiger partial charge in [0, 0.05) is 25.6 Å². The summed E-state index contributed by atoms with van der Waals surface area (Å²) in [6.07, 6.45) is 2.16. The Hall–Kier alpha value is -2.48. The molecule has 0 spiro atoms. The van der Waals surface area contributed by atoms with Crippen molar-refractivity contribution < 1.29 is 12.8 Å². The van der Waals surface area contributed by atoms with Crippen LogP contribution in [0.2, 0.25) is 0 Å². The molecular formula is C20H23N3O3S. The molecule has 0 radical (unpaired) electrons. The van der Waals surface area contributed by atoms with Gasteiger partial charge in [-0.15, -0.1) is 0 Å². The van der Waals surface area contributed by atoms with E-state index < -0.39 is 10.0 Å². The maximum atomic E-state index is 13.1. The lowest BCUT2D eigenvalue weighted by molar-refractivity contribution is 0.402. The Bertz CT molecular complexity index is 967. The van der Waals surface area contributed by atoms with E-state index >= 15 is 0 Å². The number of nitrogens with two attached hydrogens (primary N) is 1. The van der Waals surface area contributed by atoms with Crippen molar-refractivity contribution >= 4 is 10.0 Å². The number of sulfonamides is 1. The van der Waals surface area contributed by atoms with Crippen LogP contribution in [0.3, 0.4) is 0 Å². The lowest BCUT2D eigenvalue weighted by atomic mass is 10.2. The molecular weight excluding hydrogens is 362 g/mol. The molecule has 0 saturated heterocycles. The average Bonchev–Trinajstić information content (AvgIpc) is 3.12. The standard InChI is InChI=1S/C20H23N3O3S/c1-16-22-20(15-26-16)18-8-10-19(11-9-18)27(24,25)23(13-5-12-21)14-17-6-3-2-4-7-17/h2-4,6-11,15H,5,12-14,21H2,1H3. The quantitative estimate of drug-likeness (QED) is 0.643. The number of aryl methyl sites for hydroxylation is 1. The Balaban J connectivity index is 1.86. The number of hydrogen-bond donors (Lipinski definition) is 1. The van der Waals surface area contributed by atoms with Crippen LogP contribution < -0.4 is 5.73 Å². The first kappa shape index (κ1) is 19.3. The molecule has 3 rings (SSSR count). The molecule has 2 aromatic carbocycles. The van der Waals surface area contributed by atoms with Gasteiger partial charge in [-0.3, -0.25) is 0 Å². The van der Waals surface area contributed by atoms with E-state index in [0.29, 0.717) is 37.6 Å². The maximum Gasteiger partial charge on any atom is 0.243 e. The first-order chi connectivity index (χ1) is 13.0. The molecule has 0 fully saturated rings. The third-order valence-electron chi connectivity index (χ3n) is 4.22. The zero-order valence-electron chi connectivity index (χ0n) is 15.2. The largest absolute Gasteiger partial charge is 0.449 e. The Morgan fingerprint density at radius 1 is 1.07 bits per heavy atom. The second-order valence-electron chi connectivity index (χ2n) is 6.24. The lowest BCUT2D eigenvalue weighted by Gasteiger charge is -2.22. The van der Waals surface area contributed by atoms with Gasteiger partial charge in [0.2, 0.25) is 10.0 Å². The van der Waals surface area contributed by atoms with E-state index in [2.05, 4.69) is 4.98 Å². The predicted molar refractivity (Wildman–Crippen MR) is 104 cm³/mol. The smallest absolute Gasteiger partial charge is 0.243 e. The van der Waals surface area contributed by atoms with Gasteiger partial charge in [-0.2, -0.15) is 4.31 Å². The van der Waals surface area contributed by atoms with Gasteiger partial charge in [-0.05, 0) is 30.7 Å². The first-order valence-electron chi connectivity index (χ1n) is 8.77. The normalized spacial score (nSPS) is 11.8. The van der Waals surface area contributed by atoms with E-state index in [1.807, 2.05) is 30.3 Å². The molecule has 3 aromatic rings. The summed E-state index contributed by atoms with van der Waals surface area (Å²) in [5.41, 5.74) is 8.03. The number of oxazole rings is 1. The van der Waals surface area contributed by atoms with Crippen molar-refractivity contribution in [1.29, 1.82) is 0 Å². The molecule has 0 unspecified atom stereocenters. The summed E-state index contributed by atoms with van der Waals surface area (Å²) in [7, 11) is -3.63. The van der Waals surface area contributed by atoms with Crippen LogP contribution in [0.25, 0.3) is 11.3 Å². The molecule has 0 amide bonds. The Labute approximate surface area is 159 Å². The SMILES string of the molecule is Cc1nc(-c2ccc(S(=O)(=O)N(CCCN)Cc3ccccc3)cc2)co1. The molecule has 2 N–H and O–H groups in total. The van der Waals surface area contributed by atoms with Crippen molar-refractivity contribution in [3.8, 4) is 11.3 Å². The Kier molecular flexibility index (Phi) is 6.05. The van der Waals surface area contributed by atoms with E-state index in [-0.39, 0.29) is 4.90 Å². The van der Waals surface area contributed by atoms with E-state index in [1.165, 1.54) is 4.31 Å². The molecule has 6 nitrogen and oxygen atoms in total. The first-order valence-corrected chi connectivity index (χ1v) is 10.2. The Morgan fingerprint density at radius 3 is 2.37 bits per heavy atom. The highest BCUT2D eigenvalue weighted by molar-refractivity contribution is 7.89. The van der Waals surface area contributed by atoms with Gasteiger partial charge in [0.1, 0.15) is 12.0 Å². The molecule has 0 aliphatic rings. The van der Waals surface area contributed by atoms with E-state index in [4.69, 9.17) is 10.2 Å². The van der Waals surface area contributed by atoms with Crippen LogP contribution in [0.15, 0.2) is 70.2 Å². The van der Waals surface area contributed by atoms with E-state index in [9.17, 15) is 8.42 Å². The molecule has 27 heavy (non-hydrogen) atoms. The lowest BCUT2D eigenvalue weighted by Crippen LogP contribution is -2.32. The molecule has 0 aliphatic carbocycles. The third-order valence-corrected chi connectivity index (χ3v) is 6.08. The number of hydrogen-bond acceptors (Lipinski definition) is 5. The minimum Gasteiger partial charge on any atom is -0.449 e. The molecule has 142 valence electrons. The summed E-state index contributed by atoms with van der Waals surface area (Å²) < 4.78 is 33.0. The minimum atomic E-state index is -3.63. The molecule has 1 aromatic heterocycles. The maximum absolute atomic E-state index is 13.1. The minimum absolute atomic E-state index is 0.249. The van der Waals surface area contributed by atoms with Gasteiger partial charge < -0.3 is 10.2 Å². The van der Waals surface area contributed by atoms with Crippen molar-refractivity contribution in [3.05, 3.63) is 72.3 Å². The highest BCUT2D eigenvalue weighted by Crippen LogP contribution is 2.23. The van der Waals surface area contributed by atoms with Crippen molar-refractivity contribution in [2.45, 2.75) is 24.8 Å². The molecule has 1 heterocycles.